The number of aromatic nitrogens is 1. The number of thiazole rings is 1. The highest BCUT2D eigenvalue weighted by atomic mass is 127. The van der Waals surface area contributed by atoms with E-state index in [1.807, 2.05) is 111 Å². The fourth-order valence-corrected chi connectivity index (χ4v) is 8.55. The fraction of sp³-hybridized carbons (Fsp3) is 0.139. The lowest BCUT2D eigenvalue weighted by Gasteiger charge is -2.25. The first-order chi connectivity index (χ1) is 22.7. The van der Waals surface area contributed by atoms with Crippen LogP contribution >= 0.6 is 68.1 Å². The van der Waals surface area contributed by atoms with Crippen molar-refractivity contribution in [3.8, 4) is 11.5 Å². The number of hydrogen-bond donors (Lipinski definition) is 1. The van der Waals surface area contributed by atoms with Gasteiger partial charge in [0, 0.05) is 10.7 Å². The molecular weight excluding hydrogens is 860 g/mol. The van der Waals surface area contributed by atoms with E-state index in [9.17, 15) is 9.59 Å². The quantitative estimate of drug-likeness (QED) is 0.154. The van der Waals surface area contributed by atoms with Crippen LogP contribution in [0.1, 0.15) is 36.6 Å². The van der Waals surface area contributed by atoms with Gasteiger partial charge in [0.05, 0.1) is 35.6 Å². The lowest BCUT2D eigenvalue weighted by Crippen LogP contribution is -2.40. The number of nitrogens with one attached hydrogen (secondary N) is 1. The van der Waals surface area contributed by atoms with Gasteiger partial charge >= 0.3 is 0 Å². The molecule has 0 spiro atoms. The molecule has 1 N–H and O–H groups in total. The summed E-state index contributed by atoms with van der Waals surface area (Å²) in [5.74, 6) is 1.17. The minimum Gasteiger partial charge on any atom is -0.494 e. The van der Waals surface area contributed by atoms with Crippen LogP contribution in [-0.2, 0) is 11.4 Å². The molecule has 1 aliphatic rings. The average Bonchev–Trinajstić information content (AvgIpc) is 3.35. The van der Waals surface area contributed by atoms with Crippen molar-refractivity contribution in [3.63, 3.8) is 0 Å². The molecule has 0 unspecified atom stereocenters. The summed E-state index contributed by atoms with van der Waals surface area (Å²) in [6, 6.07) is 27.6. The zero-order valence-electron chi connectivity index (χ0n) is 25.3. The van der Waals surface area contributed by atoms with Gasteiger partial charge in [-0.1, -0.05) is 65.4 Å². The summed E-state index contributed by atoms with van der Waals surface area (Å²) in [6.45, 7) is 4.68. The number of benzene rings is 4. The normalized spacial score (nSPS) is 14.4. The summed E-state index contributed by atoms with van der Waals surface area (Å²) in [6.07, 6.45) is 1.87. The molecule has 6 rings (SSSR count). The van der Waals surface area contributed by atoms with Crippen molar-refractivity contribution < 1.29 is 14.3 Å². The van der Waals surface area contributed by atoms with Crippen LogP contribution in [0.15, 0.2) is 112 Å². The standard InChI is InChI=1S/C36H28ClI2N3O4S/c1-3-45-27-15-11-24(12-16-27)32-31(34(43)41-26-7-5-4-6-8-26)21(2)40-36-42(32)35(44)30(47-36)19-23-17-28(38)33(29(39)18-23)46-20-22-9-13-25(37)14-10-22/h4-19,32H,3,20H2,1-2H3,(H,41,43)/b30-19-/t32-/m1/s1. The number of halogens is 3. The average molecular weight is 888 g/mol. The number of carbonyl (C=O) groups excluding carboxylic acids is 1. The van der Waals surface area contributed by atoms with Crippen molar-refractivity contribution in [2.75, 3.05) is 11.9 Å². The van der Waals surface area contributed by atoms with Crippen LogP contribution in [0.2, 0.25) is 5.02 Å². The van der Waals surface area contributed by atoms with Crippen molar-refractivity contribution in [3.05, 3.63) is 151 Å². The first-order valence-corrected chi connectivity index (χ1v) is 18.0. The zero-order chi connectivity index (χ0) is 33.1. The second-order valence-corrected chi connectivity index (χ2v) is 14.4. The predicted molar refractivity (Wildman–Crippen MR) is 204 cm³/mol. The SMILES string of the molecule is CCOc1ccc([C@@H]2C(C(=O)Nc3ccccc3)=C(C)N=c3s/c(=C\c4cc(I)c(OCc5ccc(Cl)cc5)c(I)c4)c(=O)n32)cc1. The third-order valence-corrected chi connectivity index (χ3v) is 10.3. The Morgan fingerprint density at radius 3 is 2.34 bits per heavy atom. The van der Waals surface area contributed by atoms with E-state index in [-0.39, 0.29) is 11.5 Å². The summed E-state index contributed by atoms with van der Waals surface area (Å²) >= 11 is 11.8. The molecule has 238 valence electrons. The molecule has 5 aromatic rings. The van der Waals surface area contributed by atoms with Gasteiger partial charge in [0.2, 0.25) is 0 Å². The summed E-state index contributed by atoms with van der Waals surface area (Å²) in [4.78, 5) is 33.3. The summed E-state index contributed by atoms with van der Waals surface area (Å²) in [5.41, 5.74) is 4.04. The molecule has 0 saturated heterocycles. The minimum absolute atomic E-state index is 0.224. The molecule has 0 bridgehead atoms. The molecule has 7 nitrogen and oxygen atoms in total. The summed E-state index contributed by atoms with van der Waals surface area (Å²) < 4.78 is 15.8. The van der Waals surface area contributed by atoms with E-state index in [2.05, 4.69) is 50.5 Å². The van der Waals surface area contributed by atoms with Gasteiger partial charge in [0.15, 0.2) is 4.80 Å². The van der Waals surface area contributed by atoms with Crippen molar-refractivity contribution in [2.45, 2.75) is 26.5 Å². The first-order valence-electron chi connectivity index (χ1n) is 14.7. The number of allylic oxidation sites excluding steroid dienone is 1. The fourth-order valence-electron chi connectivity index (χ4n) is 5.25. The number of para-hydroxylation sites is 1. The highest BCUT2D eigenvalue weighted by Gasteiger charge is 2.32. The number of fused-ring (bicyclic) bond motifs is 1. The minimum atomic E-state index is -0.684. The maximum Gasteiger partial charge on any atom is 0.271 e. The van der Waals surface area contributed by atoms with Crippen LogP contribution in [0.25, 0.3) is 6.08 Å². The van der Waals surface area contributed by atoms with Crippen LogP contribution in [-0.4, -0.2) is 17.1 Å². The Hall–Kier alpha value is -3.46. The van der Waals surface area contributed by atoms with Gasteiger partial charge in [-0.25, -0.2) is 4.99 Å². The molecule has 0 saturated carbocycles. The summed E-state index contributed by atoms with van der Waals surface area (Å²) in [5, 5.41) is 3.67. The Bertz CT molecular complexity index is 2140. The van der Waals surface area contributed by atoms with Crippen LogP contribution in [0.5, 0.6) is 11.5 Å². The Morgan fingerprint density at radius 1 is 1.00 bits per heavy atom. The zero-order valence-corrected chi connectivity index (χ0v) is 31.2. The third-order valence-electron chi connectivity index (χ3n) is 7.42. The summed E-state index contributed by atoms with van der Waals surface area (Å²) in [7, 11) is 0. The molecule has 11 heteroatoms. The number of nitrogens with zero attached hydrogens (tertiary/aromatic N) is 2. The predicted octanol–water partition coefficient (Wildman–Crippen LogP) is 7.71. The Kier molecular flexibility index (Phi) is 10.5. The van der Waals surface area contributed by atoms with Crippen LogP contribution < -0.4 is 29.7 Å². The number of hydrogen-bond acceptors (Lipinski definition) is 6. The topological polar surface area (TPSA) is 81.9 Å². The highest BCUT2D eigenvalue weighted by Crippen LogP contribution is 2.33. The number of ether oxygens (including phenoxy) is 2. The van der Waals surface area contributed by atoms with Gasteiger partial charge in [-0.15, -0.1) is 0 Å². The van der Waals surface area contributed by atoms with E-state index in [4.69, 9.17) is 26.1 Å². The Morgan fingerprint density at radius 2 is 1.68 bits per heavy atom. The van der Waals surface area contributed by atoms with E-state index < -0.39 is 6.04 Å². The van der Waals surface area contributed by atoms with Gasteiger partial charge in [0.25, 0.3) is 11.5 Å². The molecule has 1 aromatic heterocycles. The van der Waals surface area contributed by atoms with Crippen molar-refractivity contribution in [1.29, 1.82) is 0 Å². The van der Waals surface area contributed by atoms with Crippen LogP contribution in [0.3, 0.4) is 0 Å². The second kappa shape index (κ2) is 14.8. The monoisotopic (exact) mass is 887 g/mol. The van der Waals surface area contributed by atoms with Crippen LogP contribution in [0, 0.1) is 7.14 Å². The molecule has 0 fully saturated rings. The second-order valence-electron chi connectivity index (χ2n) is 10.6. The lowest BCUT2D eigenvalue weighted by molar-refractivity contribution is -0.113. The molecule has 4 aromatic carbocycles. The molecule has 0 aliphatic carbocycles. The van der Waals surface area contributed by atoms with E-state index in [1.54, 1.807) is 4.57 Å². The number of amides is 1. The number of rotatable bonds is 9. The van der Waals surface area contributed by atoms with Gasteiger partial charge < -0.3 is 14.8 Å². The maximum atomic E-state index is 14.2. The van der Waals surface area contributed by atoms with Crippen LogP contribution in [0.4, 0.5) is 5.69 Å². The van der Waals surface area contributed by atoms with E-state index in [0.717, 1.165) is 29.6 Å². The lowest BCUT2D eigenvalue weighted by atomic mass is 9.95. The van der Waals surface area contributed by atoms with Crippen molar-refractivity contribution in [2.24, 2.45) is 4.99 Å². The Labute approximate surface area is 307 Å². The molecular formula is C36H28ClI2N3O4S. The largest absolute Gasteiger partial charge is 0.494 e. The maximum absolute atomic E-state index is 14.2. The number of carbonyl (C=O) groups is 1. The van der Waals surface area contributed by atoms with Gasteiger partial charge in [-0.3, -0.25) is 14.2 Å². The van der Waals surface area contributed by atoms with E-state index in [0.29, 0.717) is 50.3 Å². The molecule has 47 heavy (non-hydrogen) atoms. The highest BCUT2D eigenvalue weighted by molar-refractivity contribution is 14.1. The van der Waals surface area contributed by atoms with Gasteiger partial charge in [-0.2, -0.15) is 0 Å². The molecule has 1 amide bonds. The smallest absolute Gasteiger partial charge is 0.271 e. The molecule has 1 atom stereocenters. The molecule has 1 aliphatic heterocycles. The first kappa shape index (κ1) is 33.4. The Balaban J connectivity index is 1.38. The van der Waals surface area contributed by atoms with Gasteiger partial charge in [0.1, 0.15) is 18.1 Å². The molecule has 2 heterocycles. The molecule has 0 radical (unpaired) electrons. The van der Waals surface area contributed by atoms with Gasteiger partial charge in [-0.05, 0) is 130 Å². The van der Waals surface area contributed by atoms with E-state index in [1.165, 1.54) is 11.3 Å². The number of anilines is 1. The third kappa shape index (κ3) is 7.50. The van der Waals surface area contributed by atoms with Crippen molar-refractivity contribution >= 4 is 85.8 Å². The van der Waals surface area contributed by atoms with Crippen molar-refractivity contribution in [1.82, 2.24) is 4.57 Å². The van der Waals surface area contributed by atoms with E-state index >= 15 is 0 Å².